The van der Waals surface area contributed by atoms with Gasteiger partial charge in [-0.2, -0.15) is 0 Å². The first kappa shape index (κ1) is 8.13. The molecule has 1 heterocycles. The molecule has 0 atom stereocenters. The third-order valence-electron chi connectivity index (χ3n) is 2.11. The van der Waals surface area contributed by atoms with Crippen LogP contribution in [0.5, 0.6) is 5.75 Å². The summed E-state index contributed by atoms with van der Waals surface area (Å²) in [6.45, 7) is 0.539. The monoisotopic (exact) mass is 176 g/mol. The van der Waals surface area contributed by atoms with Crippen LogP contribution in [0, 0.1) is 0 Å². The summed E-state index contributed by atoms with van der Waals surface area (Å²) in [4.78, 5) is 3.21. The first-order valence-electron chi connectivity index (χ1n) is 4.19. The van der Waals surface area contributed by atoms with Crippen LogP contribution in [0.15, 0.2) is 24.3 Å². The number of rotatable bonds is 2. The predicted molar refractivity (Wildman–Crippen MR) is 52.7 cm³/mol. The fraction of sp³-hybridized carbons (Fsp3) is 0.200. The average molecular weight is 176 g/mol. The van der Waals surface area contributed by atoms with Gasteiger partial charge in [0.2, 0.25) is 0 Å². The molecule has 68 valence electrons. The third-order valence-corrected chi connectivity index (χ3v) is 2.11. The molecule has 1 aromatic carbocycles. The molecule has 3 N–H and O–H groups in total. The number of methoxy groups -OCH3 is 1. The predicted octanol–water partition coefficient (Wildman–Crippen LogP) is 1.64. The molecule has 0 saturated carbocycles. The molecule has 0 bridgehead atoms. The SMILES string of the molecule is COc1ccc2cc(CN)[nH]c2c1. The highest BCUT2D eigenvalue weighted by atomic mass is 16.5. The van der Waals surface area contributed by atoms with E-state index in [1.165, 1.54) is 5.39 Å². The normalized spacial score (nSPS) is 10.6. The molecule has 0 aliphatic rings. The highest BCUT2D eigenvalue weighted by Gasteiger charge is 1.99. The van der Waals surface area contributed by atoms with Crippen LogP contribution >= 0.6 is 0 Å². The van der Waals surface area contributed by atoms with Gasteiger partial charge in [-0.15, -0.1) is 0 Å². The number of hydrogen-bond acceptors (Lipinski definition) is 2. The van der Waals surface area contributed by atoms with Crippen LogP contribution in [0.1, 0.15) is 5.69 Å². The molecular weight excluding hydrogens is 164 g/mol. The van der Waals surface area contributed by atoms with Crippen LogP contribution < -0.4 is 10.5 Å². The molecule has 0 fully saturated rings. The fourth-order valence-corrected chi connectivity index (χ4v) is 1.40. The van der Waals surface area contributed by atoms with Crippen LogP contribution in [-0.2, 0) is 6.54 Å². The maximum atomic E-state index is 5.52. The second-order valence-electron chi connectivity index (χ2n) is 2.95. The molecular formula is C10H12N2O. The van der Waals surface area contributed by atoms with Gasteiger partial charge in [-0.3, -0.25) is 0 Å². The van der Waals surface area contributed by atoms with Crippen molar-refractivity contribution in [3.05, 3.63) is 30.0 Å². The minimum atomic E-state index is 0.539. The number of fused-ring (bicyclic) bond motifs is 1. The Labute approximate surface area is 76.5 Å². The Hall–Kier alpha value is -1.48. The number of nitrogens with one attached hydrogen (secondary N) is 1. The standard InChI is InChI=1S/C10H12N2O/c1-13-9-3-2-7-4-8(6-11)12-10(7)5-9/h2-5,12H,6,11H2,1H3. The van der Waals surface area contributed by atoms with E-state index in [0.29, 0.717) is 6.54 Å². The summed E-state index contributed by atoms with van der Waals surface area (Å²) in [6.07, 6.45) is 0. The first-order chi connectivity index (χ1) is 6.33. The van der Waals surface area contributed by atoms with E-state index in [1.54, 1.807) is 7.11 Å². The number of hydrogen-bond donors (Lipinski definition) is 2. The van der Waals surface area contributed by atoms with Crippen molar-refractivity contribution >= 4 is 10.9 Å². The highest BCUT2D eigenvalue weighted by molar-refractivity contribution is 5.81. The van der Waals surface area contributed by atoms with Crippen molar-refractivity contribution in [2.24, 2.45) is 5.73 Å². The van der Waals surface area contributed by atoms with Crippen molar-refractivity contribution < 1.29 is 4.74 Å². The Morgan fingerprint density at radius 1 is 1.38 bits per heavy atom. The molecule has 0 unspecified atom stereocenters. The summed E-state index contributed by atoms with van der Waals surface area (Å²) in [5.74, 6) is 0.859. The second kappa shape index (κ2) is 3.11. The van der Waals surface area contributed by atoms with Gasteiger partial charge < -0.3 is 15.5 Å². The average Bonchev–Trinajstić information content (AvgIpc) is 2.58. The van der Waals surface area contributed by atoms with E-state index in [0.717, 1.165) is 17.0 Å². The smallest absolute Gasteiger partial charge is 0.120 e. The first-order valence-corrected chi connectivity index (χ1v) is 4.19. The van der Waals surface area contributed by atoms with E-state index in [1.807, 2.05) is 18.2 Å². The zero-order chi connectivity index (χ0) is 9.26. The highest BCUT2D eigenvalue weighted by Crippen LogP contribution is 2.20. The molecule has 2 rings (SSSR count). The summed E-state index contributed by atoms with van der Waals surface area (Å²) in [7, 11) is 1.66. The fourth-order valence-electron chi connectivity index (χ4n) is 1.40. The lowest BCUT2D eigenvalue weighted by Crippen LogP contribution is -1.94. The number of nitrogens with two attached hydrogens (primary N) is 1. The Kier molecular flexibility index (Phi) is 1.94. The van der Waals surface area contributed by atoms with Crippen molar-refractivity contribution in [3.63, 3.8) is 0 Å². The second-order valence-corrected chi connectivity index (χ2v) is 2.95. The Balaban J connectivity index is 2.57. The van der Waals surface area contributed by atoms with Crippen molar-refractivity contribution in [1.82, 2.24) is 4.98 Å². The molecule has 0 aliphatic heterocycles. The van der Waals surface area contributed by atoms with Gasteiger partial charge in [0.15, 0.2) is 0 Å². The number of benzene rings is 1. The van der Waals surface area contributed by atoms with Crippen molar-refractivity contribution in [1.29, 1.82) is 0 Å². The van der Waals surface area contributed by atoms with Gasteiger partial charge in [0.1, 0.15) is 5.75 Å². The van der Waals surface area contributed by atoms with Gasteiger partial charge in [-0.25, -0.2) is 0 Å². The van der Waals surface area contributed by atoms with Gasteiger partial charge in [-0.05, 0) is 23.6 Å². The van der Waals surface area contributed by atoms with Crippen molar-refractivity contribution in [2.75, 3.05) is 7.11 Å². The third kappa shape index (κ3) is 1.38. The lowest BCUT2D eigenvalue weighted by atomic mass is 10.2. The topological polar surface area (TPSA) is 51.0 Å². The van der Waals surface area contributed by atoms with Crippen LogP contribution in [0.3, 0.4) is 0 Å². The number of aromatic amines is 1. The summed E-state index contributed by atoms with van der Waals surface area (Å²) in [5.41, 5.74) is 7.64. The molecule has 0 amide bonds. The lowest BCUT2D eigenvalue weighted by molar-refractivity contribution is 0.415. The number of ether oxygens (including phenoxy) is 1. The maximum Gasteiger partial charge on any atom is 0.120 e. The summed E-state index contributed by atoms with van der Waals surface area (Å²) < 4.78 is 5.11. The van der Waals surface area contributed by atoms with Gasteiger partial charge >= 0.3 is 0 Å². The van der Waals surface area contributed by atoms with Crippen molar-refractivity contribution in [2.45, 2.75) is 6.54 Å². The van der Waals surface area contributed by atoms with Crippen LogP contribution in [0.4, 0.5) is 0 Å². The summed E-state index contributed by atoms with van der Waals surface area (Å²) >= 11 is 0. The van der Waals surface area contributed by atoms with E-state index in [-0.39, 0.29) is 0 Å². The van der Waals surface area contributed by atoms with Gasteiger partial charge in [0.25, 0.3) is 0 Å². The quantitative estimate of drug-likeness (QED) is 0.730. The molecule has 0 aliphatic carbocycles. The van der Waals surface area contributed by atoms with Crippen LogP contribution in [0.2, 0.25) is 0 Å². The van der Waals surface area contributed by atoms with Crippen LogP contribution in [0.25, 0.3) is 10.9 Å². The van der Waals surface area contributed by atoms with E-state index in [4.69, 9.17) is 10.5 Å². The van der Waals surface area contributed by atoms with Gasteiger partial charge in [0, 0.05) is 23.8 Å². The molecule has 0 spiro atoms. The Morgan fingerprint density at radius 2 is 2.23 bits per heavy atom. The van der Waals surface area contributed by atoms with Crippen LogP contribution in [-0.4, -0.2) is 12.1 Å². The van der Waals surface area contributed by atoms with E-state index < -0.39 is 0 Å². The molecule has 3 nitrogen and oxygen atoms in total. The maximum absolute atomic E-state index is 5.52. The zero-order valence-electron chi connectivity index (χ0n) is 7.50. The number of H-pyrrole nitrogens is 1. The molecule has 0 radical (unpaired) electrons. The molecule has 1 aromatic heterocycles. The minimum Gasteiger partial charge on any atom is -0.497 e. The van der Waals surface area contributed by atoms with Gasteiger partial charge in [-0.1, -0.05) is 0 Å². The van der Waals surface area contributed by atoms with Gasteiger partial charge in [0.05, 0.1) is 7.11 Å². The van der Waals surface area contributed by atoms with E-state index in [2.05, 4.69) is 11.1 Å². The molecule has 0 saturated heterocycles. The largest absolute Gasteiger partial charge is 0.497 e. The summed E-state index contributed by atoms with van der Waals surface area (Å²) in [5, 5.41) is 1.17. The molecule has 13 heavy (non-hydrogen) atoms. The van der Waals surface area contributed by atoms with E-state index >= 15 is 0 Å². The summed E-state index contributed by atoms with van der Waals surface area (Å²) in [6, 6.07) is 7.98. The molecule has 3 heteroatoms. The van der Waals surface area contributed by atoms with E-state index in [9.17, 15) is 0 Å². The number of aromatic nitrogens is 1. The van der Waals surface area contributed by atoms with Crippen molar-refractivity contribution in [3.8, 4) is 5.75 Å². The Morgan fingerprint density at radius 3 is 2.92 bits per heavy atom. The lowest BCUT2D eigenvalue weighted by Gasteiger charge is -1.97. The zero-order valence-corrected chi connectivity index (χ0v) is 7.50. The molecule has 2 aromatic rings. The minimum absolute atomic E-state index is 0.539. The Bertz CT molecular complexity index is 418.